The summed E-state index contributed by atoms with van der Waals surface area (Å²) in [7, 11) is 0. The highest BCUT2D eigenvalue weighted by atomic mass is 32.5. The molecule has 4 aromatic heterocycles. The fraction of sp³-hybridized carbons (Fsp3) is 0.545. The number of rotatable bonds is 2. The summed E-state index contributed by atoms with van der Waals surface area (Å²) in [5.41, 5.74) is 12.4. The Morgan fingerprint density at radius 2 is 1.49 bits per heavy atom. The quantitative estimate of drug-likeness (QED) is 0.178. The van der Waals surface area contributed by atoms with Gasteiger partial charge in [-0.1, -0.05) is 13.8 Å². The molecule has 0 aromatic carbocycles. The molecule has 7 heterocycles. The van der Waals surface area contributed by atoms with Gasteiger partial charge in [0, 0.05) is 11.8 Å². The van der Waals surface area contributed by atoms with E-state index in [2.05, 4.69) is 29.9 Å². The third kappa shape index (κ3) is 5.49. The molecule has 10 atom stereocenters. The molecule has 7 N–H and O–H groups in total. The number of nitrogens with zero attached hydrogens (tertiary/aromatic N) is 7. The van der Waals surface area contributed by atoms with Crippen molar-refractivity contribution in [3.8, 4) is 0 Å². The van der Waals surface area contributed by atoms with E-state index in [9.17, 15) is 14.6 Å². The Hall–Kier alpha value is -2.52. The van der Waals surface area contributed by atoms with Crippen molar-refractivity contribution < 1.29 is 37.4 Å². The number of anilines is 2. The van der Waals surface area contributed by atoms with Crippen LogP contribution in [0.15, 0.2) is 23.8 Å². The summed E-state index contributed by atoms with van der Waals surface area (Å²) in [6, 6.07) is 0. The zero-order valence-corrected chi connectivity index (χ0v) is 26.9. The van der Waals surface area contributed by atoms with Crippen molar-refractivity contribution in [3.63, 3.8) is 0 Å². The second-order valence-corrected chi connectivity index (χ2v) is 16.4. The molecular weight excluding hydrogens is 674 g/mol. The van der Waals surface area contributed by atoms with Gasteiger partial charge < -0.3 is 53.8 Å². The number of ether oxygens (including phenoxy) is 2. The van der Waals surface area contributed by atoms with E-state index in [0.717, 1.165) is 0 Å². The number of nitrogens with one attached hydrogen (secondary N) is 1. The molecule has 3 fully saturated rings. The summed E-state index contributed by atoms with van der Waals surface area (Å²) in [5.74, 6) is -0.776. The van der Waals surface area contributed by atoms with Crippen molar-refractivity contribution in [2.45, 2.75) is 50.7 Å². The van der Waals surface area contributed by atoms with Gasteiger partial charge in [0.2, 0.25) is 0 Å². The molecule has 0 radical (unpaired) electrons. The van der Waals surface area contributed by atoms with Crippen molar-refractivity contribution in [3.05, 3.63) is 29.5 Å². The summed E-state index contributed by atoms with van der Waals surface area (Å²) in [4.78, 5) is 58.8. The molecule has 242 valence electrons. The van der Waals surface area contributed by atoms with Crippen LogP contribution in [-0.4, -0.2) is 86.5 Å². The normalized spacial score (nSPS) is 37.7. The Morgan fingerprint density at radius 1 is 0.867 bits per heavy atom. The van der Waals surface area contributed by atoms with Crippen LogP contribution in [0.2, 0.25) is 0 Å². The number of imidazole rings is 2. The van der Waals surface area contributed by atoms with Crippen molar-refractivity contribution >= 4 is 71.0 Å². The lowest BCUT2D eigenvalue weighted by molar-refractivity contribution is -0.0605. The summed E-state index contributed by atoms with van der Waals surface area (Å²) in [6.45, 7) is -4.95. The van der Waals surface area contributed by atoms with E-state index in [-0.39, 0.29) is 36.0 Å². The van der Waals surface area contributed by atoms with Crippen LogP contribution in [0.3, 0.4) is 0 Å². The van der Waals surface area contributed by atoms with Gasteiger partial charge in [-0.3, -0.25) is 4.57 Å². The van der Waals surface area contributed by atoms with Gasteiger partial charge in [-0.05, 0) is 23.6 Å². The van der Waals surface area contributed by atoms with Crippen LogP contribution in [0.25, 0.3) is 22.3 Å². The fourth-order valence-electron chi connectivity index (χ4n) is 5.85. The van der Waals surface area contributed by atoms with E-state index < -0.39 is 67.8 Å². The van der Waals surface area contributed by atoms with Crippen LogP contribution < -0.4 is 17.2 Å². The van der Waals surface area contributed by atoms with Gasteiger partial charge in [0.25, 0.3) is 0 Å². The smallest absolute Gasteiger partial charge is 0.330 e. The number of aromatic nitrogens is 8. The predicted molar refractivity (Wildman–Crippen MR) is 163 cm³/mol. The molecule has 19 nitrogen and oxygen atoms in total. The minimum atomic E-state index is -4.03. The number of aromatic amines is 1. The molecule has 0 saturated carbocycles. The van der Waals surface area contributed by atoms with Crippen molar-refractivity contribution in [2.75, 3.05) is 24.7 Å². The molecular formula is C22H28N10O9P2S2. The van der Waals surface area contributed by atoms with Gasteiger partial charge in [-0.25, -0.2) is 34.3 Å². The van der Waals surface area contributed by atoms with Crippen LogP contribution in [0, 0.1) is 11.8 Å². The van der Waals surface area contributed by atoms with E-state index in [1.54, 1.807) is 11.5 Å². The average Bonchev–Trinajstić information content (AvgIpc) is 3.71. The second-order valence-electron chi connectivity index (χ2n) is 10.9. The molecule has 4 aromatic rings. The molecule has 45 heavy (non-hydrogen) atoms. The van der Waals surface area contributed by atoms with E-state index in [1.807, 2.05) is 6.92 Å². The number of nitrogen functional groups attached to an aromatic ring is 2. The first kappa shape index (κ1) is 31.1. The lowest BCUT2D eigenvalue weighted by atomic mass is 10.0. The standard InChI is InChI=1S/C22H28N10O9P2S2/c1-8-10-3-36-42(34,44)40-14-9(2)20(31-7-29-12-16(23)25-5-27-18(12)31)39-11(14)4-37-43(35,45)41-15(8)21(38-10)32-19-13(30-22(32)33)17(24)26-6-28-19/h5-11,14-15,20-21H,3-4H2,1-2H3,(H,30,33)(H,34,44)(H,35,45)(H2,23,25,27)(H2,24,26,28)/t8-,9-,10-,11-,14+,15-,20-,21-,42?,43?/m1/s1. The topological polar surface area (TPSA) is 255 Å². The first-order chi connectivity index (χ1) is 21.3. The molecule has 3 aliphatic heterocycles. The molecule has 2 unspecified atom stereocenters. The second kappa shape index (κ2) is 11.3. The molecule has 7 rings (SSSR count). The molecule has 0 aliphatic carbocycles. The third-order valence-corrected chi connectivity index (χ3v) is 11.2. The maximum absolute atomic E-state index is 13.1. The van der Waals surface area contributed by atoms with Gasteiger partial charge in [0.15, 0.2) is 29.2 Å². The van der Waals surface area contributed by atoms with Gasteiger partial charge in [-0.2, -0.15) is 0 Å². The van der Waals surface area contributed by atoms with E-state index >= 15 is 0 Å². The van der Waals surface area contributed by atoms with E-state index in [4.69, 9.17) is 62.6 Å². The van der Waals surface area contributed by atoms with Gasteiger partial charge in [-0.15, -0.1) is 0 Å². The number of fused-ring (bicyclic) bond motifs is 5. The fourth-order valence-corrected chi connectivity index (χ4v) is 8.84. The maximum atomic E-state index is 13.1. The molecule has 23 heteroatoms. The number of nitrogens with two attached hydrogens (primary N) is 2. The Balaban J connectivity index is 1.22. The lowest BCUT2D eigenvalue weighted by Crippen LogP contribution is -2.33. The SMILES string of the molecule is C[C@@H]1[C@@H]2OP(O)(=S)OC[C@H]3O[C@@H](n4c(=O)[nH]c5c(N)ncnc54)[C@H](OP(O)(=S)OC[C@H]2O[C@H]1n1cnc2c(N)ncnc21)[C@@H]3C. The largest absolute Gasteiger partial charge is 0.382 e. The van der Waals surface area contributed by atoms with Crippen LogP contribution in [0.1, 0.15) is 26.3 Å². The summed E-state index contributed by atoms with van der Waals surface area (Å²) >= 11 is 10.8. The molecule has 0 amide bonds. The highest BCUT2D eigenvalue weighted by Gasteiger charge is 2.51. The van der Waals surface area contributed by atoms with Gasteiger partial charge in [0.1, 0.15) is 48.2 Å². The summed E-state index contributed by atoms with van der Waals surface area (Å²) < 4.78 is 39.0. The lowest BCUT2D eigenvalue weighted by Gasteiger charge is -2.28. The monoisotopic (exact) mass is 702 g/mol. The number of hydrogen-bond donors (Lipinski definition) is 5. The molecule has 3 saturated heterocycles. The van der Waals surface area contributed by atoms with Gasteiger partial charge in [0.05, 0.1) is 25.6 Å². The highest BCUT2D eigenvalue weighted by molar-refractivity contribution is 8.07. The van der Waals surface area contributed by atoms with Crippen molar-refractivity contribution in [1.82, 2.24) is 39.0 Å². The molecule has 0 spiro atoms. The van der Waals surface area contributed by atoms with Crippen LogP contribution in [-0.2, 0) is 51.2 Å². The van der Waals surface area contributed by atoms with Crippen molar-refractivity contribution in [1.29, 1.82) is 0 Å². The minimum absolute atomic E-state index is 0.0494. The van der Waals surface area contributed by atoms with Crippen LogP contribution in [0.5, 0.6) is 0 Å². The van der Waals surface area contributed by atoms with E-state index in [1.165, 1.54) is 23.5 Å². The first-order valence-corrected chi connectivity index (χ1v) is 18.8. The zero-order chi connectivity index (χ0) is 31.8. The number of H-pyrrole nitrogens is 1. The van der Waals surface area contributed by atoms with Crippen LogP contribution >= 0.6 is 13.4 Å². The minimum Gasteiger partial charge on any atom is -0.382 e. The Kier molecular flexibility index (Phi) is 7.82. The first-order valence-electron chi connectivity index (χ1n) is 13.6. The Morgan fingerprint density at radius 3 is 2.22 bits per heavy atom. The Bertz CT molecular complexity index is 1940. The van der Waals surface area contributed by atoms with Crippen molar-refractivity contribution in [2.24, 2.45) is 11.8 Å². The Labute approximate surface area is 263 Å². The van der Waals surface area contributed by atoms with Crippen LogP contribution in [0.4, 0.5) is 11.6 Å². The summed E-state index contributed by atoms with van der Waals surface area (Å²) in [6.07, 6.45) is -1.50. The third-order valence-electron chi connectivity index (χ3n) is 8.11. The highest BCUT2D eigenvalue weighted by Crippen LogP contribution is 2.55. The zero-order valence-electron chi connectivity index (χ0n) is 23.5. The average molecular weight is 703 g/mol. The predicted octanol–water partition coefficient (Wildman–Crippen LogP) is 0.442. The van der Waals surface area contributed by atoms with Gasteiger partial charge >= 0.3 is 19.1 Å². The maximum Gasteiger partial charge on any atom is 0.330 e. The molecule has 3 aliphatic rings. The van der Waals surface area contributed by atoms with E-state index in [0.29, 0.717) is 11.2 Å². The summed E-state index contributed by atoms with van der Waals surface area (Å²) in [5, 5.41) is 0. The number of hydrogen-bond acceptors (Lipinski definition) is 16. The molecule has 2 bridgehead atoms.